The van der Waals surface area contributed by atoms with Gasteiger partial charge in [-0.2, -0.15) is 0 Å². The largest absolute Gasteiger partial charge is 0.494 e. The zero-order valence-corrected chi connectivity index (χ0v) is 19.0. The first-order chi connectivity index (χ1) is 14.0. The molecule has 0 saturated heterocycles. The molecule has 29 heavy (non-hydrogen) atoms. The minimum absolute atomic E-state index is 0.00809. The SMILES string of the molecule is CC(C)CCOCCCCOCCCCCCOc1ccc(C(=O)N(C)C)cc1. The molecule has 1 rings (SSSR count). The second-order valence-electron chi connectivity index (χ2n) is 8.10. The Kier molecular flexibility index (Phi) is 14.2. The number of hydrogen-bond acceptors (Lipinski definition) is 4. The summed E-state index contributed by atoms with van der Waals surface area (Å²) in [5.41, 5.74) is 0.681. The average Bonchev–Trinajstić information content (AvgIpc) is 2.70. The first-order valence-electron chi connectivity index (χ1n) is 11.1. The maximum atomic E-state index is 11.8. The number of nitrogens with zero attached hydrogens (tertiary/aromatic N) is 1. The fourth-order valence-electron chi connectivity index (χ4n) is 2.73. The number of amides is 1. The van der Waals surface area contributed by atoms with Crippen LogP contribution in [0.3, 0.4) is 0 Å². The molecule has 0 aromatic heterocycles. The predicted octanol–water partition coefficient (Wildman–Crippen LogP) is 5.19. The molecular formula is C24H41NO4. The van der Waals surface area contributed by atoms with E-state index in [-0.39, 0.29) is 5.91 Å². The van der Waals surface area contributed by atoms with Crippen LogP contribution in [-0.4, -0.2) is 57.9 Å². The minimum atomic E-state index is 0.00809. The Balaban J connectivity index is 1.88. The van der Waals surface area contributed by atoms with Gasteiger partial charge in [0.25, 0.3) is 5.91 Å². The van der Waals surface area contributed by atoms with Gasteiger partial charge in [0, 0.05) is 46.1 Å². The quantitative estimate of drug-likeness (QED) is 0.334. The van der Waals surface area contributed by atoms with Crippen molar-refractivity contribution in [3.05, 3.63) is 29.8 Å². The van der Waals surface area contributed by atoms with Gasteiger partial charge in [0.15, 0.2) is 0 Å². The molecule has 0 saturated carbocycles. The summed E-state index contributed by atoms with van der Waals surface area (Å²) < 4.78 is 17.0. The first-order valence-corrected chi connectivity index (χ1v) is 11.1. The molecule has 5 nitrogen and oxygen atoms in total. The maximum Gasteiger partial charge on any atom is 0.253 e. The summed E-state index contributed by atoms with van der Waals surface area (Å²) in [6.07, 6.45) is 7.75. The first kappa shape index (κ1) is 25.4. The third-order valence-electron chi connectivity index (χ3n) is 4.63. The fraction of sp³-hybridized carbons (Fsp3) is 0.708. The van der Waals surface area contributed by atoms with Gasteiger partial charge in [0.05, 0.1) is 6.61 Å². The molecule has 0 spiro atoms. The summed E-state index contributed by atoms with van der Waals surface area (Å²) in [7, 11) is 3.51. The molecule has 1 aromatic carbocycles. The van der Waals surface area contributed by atoms with E-state index in [1.165, 1.54) is 0 Å². The van der Waals surface area contributed by atoms with Crippen LogP contribution in [-0.2, 0) is 9.47 Å². The lowest BCUT2D eigenvalue weighted by molar-refractivity contribution is 0.0827. The van der Waals surface area contributed by atoms with E-state index in [0.29, 0.717) is 12.2 Å². The molecule has 166 valence electrons. The molecule has 0 unspecified atom stereocenters. The van der Waals surface area contributed by atoms with Gasteiger partial charge in [0.1, 0.15) is 5.75 Å². The zero-order chi connectivity index (χ0) is 21.3. The molecule has 0 aliphatic carbocycles. The highest BCUT2D eigenvalue weighted by Gasteiger charge is 2.07. The summed E-state index contributed by atoms with van der Waals surface area (Å²) in [5, 5.41) is 0. The van der Waals surface area contributed by atoms with Crippen molar-refractivity contribution in [1.29, 1.82) is 0 Å². The van der Waals surface area contributed by atoms with Gasteiger partial charge >= 0.3 is 0 Å². The van der Waals surface area contributed by atoms with Crippen molar-refractivity contribution < 1.29 is 19.0 Å². The highest BCUT2D eigenvalue weighted by Crippen LogP contribution is 2.14. The van der Waals surface area contributed by atoms with Crippen molar-refractivity contribution in [3.8, 4) is 5.75 Å². The van der Waals surface area contributed by atoms with Gasteiger partial charge in [-0.25, -0.2) is 0 Å². The third-order valence-corrected chi connectivity index (χ3v) is 4.63. The van der Waals surface area contributed by atoms with Crippen molar-refractivity contribution in [2.45, 2.75) is 58.8 Å². The average molecular weight is 408 g/mol. The fourth-order valence-corrected chi connectivity index (χ4v) is 2.73. The van der Waals surface area contributed by atoms with Crippen molar-refractivity contribution in [2.75, 3.05) is 47.1 Å². The lowest BCUT2D eigenvalue weighted by Crippen LogP contribution is -2.21. The minimum Gasteiger partial charge on any atom is -0.494 e. The molecule has 0 atom stereocenters. The lowest BCUT2D eigenvalue weighted by Gasteiger charge is -2.11. The molecule has 5 heteroatoms. The summed E-state index contributed by atoms with van der Waals surface area (Å²) in [6, 6.07) is 7.35. The van der Waals surface area contributed by atoms with Crippen molar-refractivity contribution in [2.24, 2.45) is 5.92 Å². The number of unbranched alkanes of at least 4 members (excludes halogenated alkanes) is 4. The molecule has 0 N–H and O–H groups in total. The van der Waals surface area contributed by atoms with Crippen LogP contribution in [0.5, 0.6) is 5.75 Å². The topological polar surface area (TPSA) is 48.0 Å². The Hall–Kier alpha value is -1.59. The Labute approximate surface area is 177 Å². The number of rotatable bonds is 17. The number of carbonyl (C=O) groups excluding carboxylic acids is 1. The molecule has 0 aliphatic rings. The molecule has 0 aliphatic heterocycles. The van der Waals surface area contributed by atoms with E-state index >= 15 is 0 Å². The summed E-state index contributed by atoms with van der Waals surface area (Å²) in [5.74, 6) is 1.54. The van der Waals surface area contributed by atoms with Crippen molar-refractivity contribution >= 4 is 5.91 Å². The third kappa shape index (κ3) is 13.3. The van der Waals surface area contributed by atoms with Crippen LogP contribution in [0.15, 0.2) is 24.3 Å². The van der Waals surface area contributed by atoms with Gasteiger partial charge in [0.2, 0.25) is 0 Å². The van der Waals surface area contributed by atoms with E-state index in [0.717, 1.165) is 83.0 Å². The number of hydrogen-bond donors (Lipinski definition) is 0. The zero-order valence-electron chi connectivity index (χ0n) is 19.0. The Morgan fingerprint density at radius 2 is 1.31 bits per heavy atom. The lowest BCUT2D eigenvalue weighted by atomic mass is 10.1. The Bertz CT molecular complexity index is 528. The van der Waals surface area contributed by atoms with E-state index in [1.54, 1.807) is 19.0 Å². The number of ether oxygens (including phenoxy) is 3. The van der Waals surface area contributed by atoms with Gasteiger partial charge in [-0.1, -0.05) is 20.3 Å². The van der Waals surface area contributed by atoms with Crippen LogP contribution in [0, 0.1) is 5.92 Å². The van der Waals surface area contributed by atoms with E-state index < -0.39 is 0 Å². The predicted molar refractivity (Wildman–Crippen MR) is 119 cm³/mol. The highest BCUT2D eigenvalue weighted by molar-refractivity contribution is 5.93. The van der Waals surface area contributed by atoms with E-state index in [9.17, 15) is 4.79 Å². The van der Waals surface area contributed by atoms with Crippen LogP contribution < -0.4 is 4.74 Å². The Morgan fingerprint density at radius 3 is 1.86 bits per heavy atom. The summed E-state index contributed by atoms with van der Waals surface area (Å²) in [6.45, 7) is 8.56. The van der Waals surface area contributed by atoms with Crippen LogP contribution in [0.25, 0.3) is 0 Å². The van der Waals surface area contributed by atoms with Gasteiger partial charge in [-0.15, -0.1) is 0 Å². The number of carbonyl (C=O) groups is 1. The monoisotopic (exact) mass is 407 g/mol. The van der Waals surface area contributed by atoms with Crippen LogP contribution in [0.1, 0.15) is 69.2 Å². The Morgan fingerprint density at radius 1 is 0.793 bits per heavy atom. The molecule has 1 aromatic rings. The second-order valence-corrected chi connectivity index (χ2v) is 8.10. The standard InChI is InChI=1S/C24H41NO4/c1-21(2)15-20-28-18-10-9-17-27-16-7-5-6-8-19-29-23-13-11-22(12-14-23)24(26)25(3)4/h11-14,21H,5-10,15-20H2,1-4H3. The van der Waals surface area contributed by atoms with Gasteiger partial charge in [-0.3, -0.25) is 4.79 Å². The molecule has 0 bridgehead atoms. The normalized spacial score (nSPS) is 11.1. The van der Waals surface area contributed by atoms with Crippen molar-refractivity contribution in [1.82, 2.24) is 4.90 Å². The molecular weight excluding hydrogens is 366 g/mol. The molecule has 0 heterocycles. The second kappa shape index (κ2) is 16.2. The summed E-state index contributed by atoms with van der Waals surface area (Å²) in [4.78, 5) is 13.4. The van der Waals surface area contributed by atoms with Gasteiger partial charge in [-0.05, 0) is 68.7 Å². The van der Waals surface area contributed by atoms with Crippen LogP contribution >= 0.6 is 0 Å². The highest BCUT2D eigenvalue weighted by atomic mass is 16.5. The smallest absolute Gasteiger partial charge is 0.253 e. The van der Waals surface area contributed by atoms with E-state index in [4.69, 9.17) is 14.2 Å². The van der Waals surface area contributed by atoms with Crippen LogP contribution in [0.2, 0.25) is 0 Å². The molecule has 0 fully saturated rings. The van der Waals surface area contributed by atoms with Crippen LogP contribution in [0.4, 0.5) is 0 Å². The number of benzene rings is 1. The summed E-state index contributed by atoms with van der Waals surface area (Å²) >= 11 is 0. The van der Waals surface area contributed by atoms with E-state index in [1.807, 2.05) is 24.3 Å². The molecule has 0 radical (unpaired) electrons. The van der Waals surface area contributed by atoms with E-state index in [2.05, 4.69) is 13.8 Å². The van der Waals surface area contributed by atoms with Gasteiger partial charge < -0.3 is 19.1 Å². The molecule has 1 amide bonds. The maximum absolute atomic E-state index is 11.8. The van der Waals surface area contributed by atoms with Crippen molar-refractivity contribution in [3.63, 3.8) is 0 Å².